The molecule has 0 radical (unpaired) electrons. The second kappa shape index (κ2) is 6.51. The number of rotatable bonds is 4. The summed E-state index contributed by atoms with van der Waals surface area (Å²) in [7, 11) is -4.35. The van der Waals surface area contributed by atoms with Crippen LogP contribution in [0.15, 0.2) is 23.1 Å². The molecule has 1 aromatic rings. The molecule has 0 saturated carbocycles. The summed E-state index contributed by atoms with van der Waals surface area (Å²) in [6.45, 7) is 1.50. The van der Waals surface area contributed by atoms with Gasteiger partial charge in [0.2, 0.25) is 10.0 Å². The van der Waals surface area contributed by atoms with E-state index < -0.39 is 32.5 Å². The molecule has 2 N–H and O–H groups in total. The molecule has 1 aliphatic heterocycles. The Balaban J connectivity index is 2.21. The molecule has 0 spiro atoms. The summed E-state index contributed by atoms with van der Waals surface area (Å²) in [4.78, 5) is -0.954. The van der Waals surface area contributed by atoms with Crippen molar-refractivity contribution in [3.05, 3.63) is 29.6 Å². The Morgan fingerprint density at radius 1 is 1.32 bits per heavy atom. The van der Waals surface area contributed by atoms with Crippen molar-refractivity contribution in [2.24, 2.45) is 5.92 Å². The van der Waals surface area contributed by atoms with Gasteiger partial charge < -0.3 is 5.32 Å². The maximum absolute atomic E-state index is 13.0. The van der Waals surface area contributed by atoms with Crippen molar-refractivity contribution in [3.8, 4) is 0 Å². The molecule has 1 aromatic carbocycles. The molecule has 0 aliphatic carbocycles. The van der Waals surface area contributed by atoms with Crippen LogP contribution in [-0.2, 0) is 16.2 Å². The smallest absolute Gasteiger partial charge is 0.316 e. The molecule has 1 fully saturated rings. The monoisotopic (exact) mass is 340 g/mol. The van der Waals surface area contributed by atoms with Crippen LogP contribution in [0.25, 0.3) is 0 Å². The second-order valence-corrected chi connectivity index (χ2v) is 6.94. The van der Waals surface area contributed by atoms with Crippen molar-refractivity contribution >= 4 is 10.0 Å². The summed E-state index contributed by atoms with van der Waals surface area (Å²) in [6, 6.07) is 1.53. The third kappa shape index (κ3) is 4.17. The van der Waals surface area contributed by atoms with Crippen molar-refractivity contribution in [3.63, 3.8) is 0 Å². The van der Waals surface area contributed by atoms with Gasteiger partial charge in [-0.15, -0.1) is 0 Å². The SMILES string of the molecule is O=S(=O)(NCC1CCCNC1)c1ccc(F)cc1C(F)(F)F. The molecular formula is C13H16F4N2O2S. The number of piperidine rings is 1. The quantitative estimate of drug-likeness (QED) is 0.826. The summed E-state index contributed by atoms with van der Waals surface area (Å²) in [5.41, 5.74) is -1.50. The average Bonchev–Trinajstić information content (AvgIpc) is 2.45. The molecule has 0 bridgehead atoms. The van der Waals surface area contributed by atoms with Gasteiger partial charge >= 0.3 is 6.18 Å². The summed E-state index contributed by atoms with van der Waals surface area (Å²) < 4.78 is 78.1. The standard InChI is InChI=1S/C13H16F4N2O2S/c14-10-3-4-12(11(6-10)13(15,16)17)22(20,21)19-8-9-2-1-5-18-7-9/h3-4,6,9,18-19H,1-2,5,7-8H2. The minimum absolute atomic E-state index is 0.0262. The van der Waals surface area contributed by atoms with Gasteiger partial charge in [0.1, 0.15) is 5.82 Å². The molecule has 2 rings (SSSR count). The molecule has 1 atom stereocenters. The molecule has 1 saturated heterocycles. The van der Waals surface area contributed by atoms with Gasteiger partial charge in [0.15, 0.2) is 0 Å². The van der Waals surface area contributed by atoms with Crippen LogP contribution in [0.2, 0.25) is 0 Å². The first-order valence-electron chi connectivity index (χ1n) is 6.77. The van der Waals surface area contributed by atoms with Crippen molar-refractivity contribution in [1.29, 1.82) is 0 Å². The Bertz CT molecular complexity index is 625. The number of halogens is 4. The van der Waals surface area contributed by atoms with Crippen LogP contribution in [0.5, 0.6) is 0 Å². The number of nitrogens with one attached hydrogen (secondary N) is 2. The fraction of sp³-hybridized carbons (Fsp3) is 0.538. The topological polar surface area (TPSA) is 58.2 Å². The molecule has 124 valence electrons. The van der Waals surface area contributed by atoms with Gasteiger partial charge in [0, 0.05) is 6.54 Å². The highest BCUT2D eigenvalue weighted by atomic mass is 32.2. The van der Waals surface area contributed by atoms with Crippen LogP contribution in [0, 0.1) is 11.7 Å². The highest BCUT2D eigenvalue weighted by Gasteiger charge is 2.37. The Hall–Kier alpha value is -1.19. The molecule has 1 heterocycles. The first-order valence-corrected chi connectivity index (χ1v) is 8.25. The lowest BCUT2D eigenvalue weighted by molar-refractivity contribution is -0.140. The van der Waals surface area contributed by atoms with Crippen LogP contribution >= 0.6 is 0 Å². The zero-order valence-electron chi connectivity index (χ0n) is 11.6. The van der Waals surface area contributed by atoms with E-state index in [1.54, 1.807) is 0 Å². The van der Waals surface area contributed by atoms with E-state index in [0.29, 0.717) is 18.7 Å². The highest BCUT2D eigenvalue weighted by Crippen LogP contribution is 2.34. The first kappa shape index (κ1) is 17.2. The fourth-order valence-corrected chi connectivity index (χ4v) is 3.68. The second-order valence-electron chi connectivity index (χ2n) is 5.20. The van der Waals surface area contributed by atoms with Crippen molar-refractivity contribution < 1.29 is 26.0 Å². The molecule has 9 heteroatoms. The van der Waals surface area contributed by atoms with Crippen LogP contribution in [0.1, 0.15) is 18.4 Å². The van der Waals surface area contributed by atoms with E-state index in [1.165, 1.54) is 0 Å². The van der Waals surface area contributed by atoms with E-state index in [0.717, 1.165) is 19.4 Å². The van der Waals surface area contributed by atoms with Crippen LogP contribution < -0.4 is 10.0 Å². The van der Waals surface area contributed by atoms with Crippen LogP contribution in [0.3, 0.4) is 0 Å². The van der Waals surface area contributed by atoms with Gasteiger partial charge in [0.25, 0.3) is 0 Å². The Kier molecular flexibility index (Phi) is 5.08. The van der Waals surface area contributed by atoms with Gasteiger partial charge in [-0.3, -0.25) is 0 Å². The maximum atomic E-state index is 13.0. The summed E-state index contributed by atoms with van der Waals surface area (Å²) >= 11 is 0. The normalized spacial score (nSPS) is 20.1. The third-order valence-electron chi connectivity index (χ3n) is 3.50. The molecule has 1 unspecified atom stereocenters. The van der Waals surface area contributed by atoms with E-state index in [2.05, 4.69) is 10.0 Å². The molecule has 0 amide bonds. The molecule has 1 aliphatic rings. The minimum atomic E-state index is -4.95. The van der Waals surface area contributed by atoms with E-state index in [9.17, 15) is 26.0 Å². The van der Waals surface area contributed by atoms with E-state index >= 15 is 0 Å². The van der Waals surface area contributed by atoms with E-state index in [1.807, 2.05) is 0 Å². The average molecular weight is 340 g/mol. The van der Waals surface area contributed by atoms with Gasteiger partial charge in [-0.05, 0) is 50.0 Å². The zero-order chi connectivity index (χ0) is 16.4. The number of hydrogen-bond acceptors (Lipinski definition) is 3. The first-order chi connectivity index (χ1) is 10.2. The van der Waals surface area contributed by atoms with Gasteiger partial charge in [-0.2, -0.15) is 13.2 Å². The fourth-order valence-electron chi connectivity index (χ4n) is 2.36. The highest BCUT2D eigenvalue weighted by molar-refractivity contribution is 7.89. The zero-order valence-corrected chi connectivity index (χ0v) is 12.4. The van der Waals surface area contributed by atoms with Crippen molar-refractivity contribution in [1.82, 2.24) is 10.0 Å². The lowest BCUT2D eigenvalue weighted by atomic mass is 10.0. The predicted octanol–water partition coefficient (Wildman–Crippen LogP) is 2.12. The number of sulfonamides is 1. The van der Waals surface area contributed by atoms with Gasteiger partial charge in [-0.25, -0.2) is 17.5 Å². The van der Waals surface area contributed by atoms with E-state index in [-0.39, 0.29) is 18.5 Å². The largest absolute Gasteiger partial charge is 0.417 e. The third-order valence-corrected chi connectivity index (χ3v) is 4.98. The summed E-state index contributed by atoms with van der Waals surface area (Å²) in [5, 5.41) is 3.09. The Morgan fingerprint density at radius 3 is 2.64 bits per heavy atom. The summed E-state index contributed by atoms with van der Waals surface area (Å²) in [6.07, 6.45) is -3.26. The van der Waals surface area contributed by atoms with Crippen molar-refractivity contribution in [2.75, 3.05) is 19.6 Å². The molecule has 22 heavy (non-hydrogen) atoms. The number of benzene rings is 1. The lowest BCUT2D eigenvalue weighted by Crippen LogP contribution is -2.38. The molecule has 4 nitrogen and oxygen atoms in total. The van der Waals surface area contributed by atoms with Crippen molar-refractivity contribution in [2.45, 2.75) is 23.9 Å². The van der Waals surface area contributed by atoms with Crippen LogP contribution in [0.4, 0.5) is 17.6 Å². The number of alkyl halides is 3. The predicted molar refractivity (Wildman–Crippen MR) is 72.2 cm³/mol. The molecule has 0 aromatic heterocycles. The van der Waals surface area contributed by atoms with Crippen LogP contribution in [-0.4, -0.2) is 28.1 Å². The lowest BCUT2D eigenvalue weighted by Gasteiger charge is -2.23. The summed E-state index contributed by atoms with van der Waals surface area (Å²) in [5.74, 6) is -1.11. The van der Waals surface area contributed by atoms with Gasteiger partial charge in [-0.1, -0.05) is 0 Å². The van der Waals surface area contributed by atoms with E-state index in [4.69, 9.17) is 0 Å². The van der Waals surface area contributed by atoms with Gasteiger partial charge in [0.05, 0.1) is 10.5 Å². The Morgan fingerprint density at radius 2 is 2.05 bits per heavy atom. The maximum Gasteiger partial charge on any atom is 0.417 e. The molecular weight excluding hydrogens is 324 g/mol. The number of hydrogen-bond donors (Lipinski definition) is 2. The Labute approximate surface area is 126 Å². The minimum Gasteiger partial charge on any atom is -0.316 e.